The summed E-state index contributed by atoms with van der Waals surface area (Å²) in [6.07, 6.45) is 18.0. The van der Waals surface area contributed by atoms with Gasteiger partial charge in [0.25, 0.3) is 0 Å². The van der Waals surface area contributed by atoms with Crippen molar-refractivity contribution in [2.24, 2.45) is 5.92 Å². The number of aromatic amines is 2. The zero-order chi connectivity index (χ0) is 37.3. The first-order valence-electron chi connectivity index (χ1n) is 20.4. The van der Waals surface area contributed by atoms with Gasteiger partial charge in [-0.1, -0.05) is 144 Å². The lowest BCUT2D eigenvalue weighted by atomic mass is 10.00. The highest BCUT2D eigenvalue weighted by Gasteiger charge is 2.24. The van der Waals surface area contributed by atoms with E-state index in [2.05, 4.69) is 155 Å². The molecule has 5 heterocycles. The number of H-pyrrole nitrogens is 2. The molecule has 5 heteroatoms. The number of nitrogens with zero attached hydrogens (tertiary/aromatic N) is 2. The van der Waals surface area contributed by atoms with Crippen molar-refractivity contribution in [2.45, 2.75) is 63.4 Å². The molecule has 2 saturated carbocycles. The fraction of sp³-hybridized carbons (Fsp3) is 0.216. The average Bonchev–Trinajstić information content (AvgIpc) is 4.03. The van der Waals surface area contributed by atoms with Crippen molar-refractivity contribution in [2.75, 3.05) is 0 Å². The summed E-state index contributed by atoms with van der Waals surface area (Å²) in [6.45, 7) is 0. The average molecular weight is 745 g/mol. The van der Waals surface area contributed by atoms with Crippen LogP contribution in [0.2, 0.25) is 0 Å². The van der Waals surface area contributed by atoms with Crippen molar-refractivity contribution in [3.63, 3.8) is 0 Å². The van der Waals surface area contributed by atoms with Crippen molar-refractivity contribution >= 4 is 59.8 Å². The van der Waals surface area contributed by atoms with Gasteiger partial charge in [0, 0.05) is 44.5 Å². The van der Waals surface area contributed by atoms with Crippen LogP contribution in [-0.2, 0) is 0 Å². The van der Waals surface area contributed by atoms with E-state index in [0.29, 0.717) is 20.2 Å². The van der Waals surface area contributed by atoms with Gasteiger partial charge in [0.1, 0.15) is 0 Å². The number of benzene rings is 3. The smallest absolute Gasteiger partial charge is 0.0815 e. The quantitative estimate of drug-likeness (QED) is 0.105. The van der Waals surface area contributed by atoms with Crippen LogP contribution in [0.15, 0.2) is 115 Å². The van der Waals surface area contributed by atoms with E-state index in [1.807, 2.05) is 0 Å². The summed E-state index contributed by atoms with van der Waals surface area (Å²) < 4.78 is 0. The van der Waals surface area contributed by atoms with Gasteiger partial charge in [0.05, 0.1) is 33.9 Å². The third kappa shape index (κ3) is 6.98. The number of nitrogens with one attached hydrogen (secondary N) is 2. The minimum Gasteiger partial charge on any atom is -0.354 e. The standard InChI is InChI=1S/C51H45N4P/c1-2-7-16-34(15-6-1)25-26-39-42-27-29-44(52-42)50(37-21-12-5-13-22-37)48-31-40(35-17-8-3-9-18-35)46(54-48)33-47-41(36-19-10-4-11-20-36)32-49(55-47)51(56-38-23-14-24-38)45-30-28-43(39)53-45/h3-5,8-13,17-22,27-34,38,53-54,56H,1-2,6-7,14-16,23-24H2. The Bertz CT molecular complexity index is 2700. The van der Waals surface area contributed by atoms with Gasteiger partial charge in [-0.05, 0) is 90.5 Å². The molecule has 1 unspecified atom stereocenters. The van der Waals surface area contributed by atoms with E-state index in [0.717, 1.165) is 83.8 Å². The van der Waals surface area contributed by atoms with E-state index in [1.54, 1.807) is 0 Å². The summed E-state index contributed by atoms with van der Waals surface area (Å²) in [7, 11) is 0.663. The predicted octanol–water partition coefficient (Wildman–Crippen LogP) is 12.6. The second-order valence-electron chi connectivity index (χ2n) is 15.5. The van der Waals surface area contributed by atoms with E-state index in [4.69, 9.17) is 9.97 Å². The second kappa shape index (κ2) is 15.4. The molecule has 1 atom stereocenters. The first kappa shape index (κ1) is 34.7. The molecule has 0 spiro atoms. The monoisotopic (exact) mass is 744 g/mol. The molecule has 274 valence electrons. The summed E-state index contributed by atoms with van der Waals surface area (Å²) in [5.41, 5.74) is 16.4. The molecule has 4 nitrogen and oxygen atoms in total. The molecule has 0 radical (unpaired) electrons. The third-order valence-corrected chi connectivity index (χ3v) is 13.6. The van der Waals surface area contributed by atoms with Gasteiger partial charge in [-0.15, -0.1) is 0 Å². The first-order valence-corrected chi connectivity index (χ1v) is 21.5. The minimum absolute atomic E-state index is 0.413. The Morgan fingerprint density at radius 1 is 0.554 bits per heavy atom. The van der Waals surface area contributed by atoms with Gasteiger partial charge in [-0.2, -0.15) is 0 Å². The van der Waals surface area contributed by atoms with Crippen LogP contribution in [0.5, 0.6) is 0 Å². The maximum atomic E-state index is 5.55. The van der Waals surface area contributed by atoms with Crippen molar-refractivity contribution in [1.82, 2.24) is 19.9 Å². The molecule has 56 heavy (non-hydrogen) atoms. The van der Waals surface area contributed by atoms with E-state index >= 15 is 0 Å². The highest BCUT2D eigenvalue weighted by molar-refractivity contribution is 7.48. The van der Waals surface area contributed by atoms with E-state index in [-0.39, 0.29) is 0 Å². The molecule has 2 aliphatic carbocycles. The normalized spacial score (nSPS) is 16.0. The Kier molecular flexibility index (Phi) is 9.56. The molecule has 3 aromatic heterocycles. The van der Waals surface area contributed by atoms with Crippen LogP contribution >= 0.6 is 8.58 Å². The van der Waals surface area contributed by atoms with Crippen molar-refractivity contribution in [1.29, 1.82) is 0 Å². The van der Waals surface area contributed by atoms with Crippen LogP contribution < -0.4 is 5.30 Å². The number of hydrogen-bond acceptors (Lipinski definition) is 2. The Hall–Kier alpha value is -5.75. The number of rotatable bonds is 5. The summed E-state index contributed by atoms with van der Waals surface area (Å²) in [4.78, 5) is 18.8. The lowest BCUT2D eigenvalue weighted by Crippen LogP contribution is -2.16. The Balaban J connectivity index is 1.33. The Morgan fingerprint density at radius 2 is 1.21 bits per heavy atom. The van der Waals surface area contributed by atoms with Gasteiger partial charge in [-0.3, -0.25) is 0 Å². The maximum Gasteiger partial charge on any atom is 0.0815 e. The fourth-order valence-electron chi connectivity index (χ4n) is 8.52. The van der Waals surface area contributed by atoms with Crippen molar-refractivity contribution in [3.05, 3.63) is 149 Å². The third-order valence-electron chi connectivity index (χ3n) is 11.8. The van der Waals surface area contributed by atoms with Crippen molar-refractivity contribution < 1.29 is 0 Å². The fourth-order valence-corrected chi connectivity index (χ4v) is 10.2. The lowest BCUT2D eigenvalue weighted by molar-refractivity contribution is 0.520. The molecule has 10 rings (SSSR count). The minimum atomic E-state index is 0.413. The highest BCUT2D eigenvalue weighted by atomic mass is 31.1. The zero-order valence-electron chi connectivity index (χ0n) is 31.6. The SMILES string of the molecule is C(#CC1CCCCCC1)c1c2nc(c(-c3ccccc3)c3cc(-c4ccccc4)c(cc4nc(c(PC5CCC5)c5ccc1[nH]5)C=C4c1ccccc1)[nH]3)C=C2. The zero-order valence-corrected chi connectivity index (χ0v) is 32.6. The predicted molar refractivity (Wildman–Crippen MR) is 238 cm³/mol. The Labute approximate surface area is 331 Å². The van der Waals surface area contributed by atoms with E-state index in [9.17, 15) is 0 Å². The van der Waals surface area contributed by atoms with Crippen LogP contribution in [0.3, 0.4) is 0 Å². The molecule has 8 bridgehead atoms. The molecule has 6 aromatic rings. The maximum absolute atomic E-state index is 5.55. The Morgan fingerprint density at radius 3 is 1.93 bits per heavy atom. The summed E-state index contributed by atoms with van der Waals surface area (Å²) in [5.74, 6) is 7.91. The molecule has 0 amide bonds. The van der Waals surface area contributed by atoms with E-state index < -0.39 is 0 Å². The van der Waals surface area contributed by atoms with Crippen LogP contribution in [0.4, 0.5) is 0 Å². The molecule has 4 aliphatic rings. The largest absolute Gasteiger partial charge is 0.354 e. The lowest BCUT2D eigenvalue weighted by Gasteiger charge is -2.25. The van der Waals surface area contributed by atoms with Crippen LogP contribution in [0, 0.1) is 17.8 Å². The molecular formula is C51H45N4P. The molecule has 2 fully saturated rings. The summed E-state index contributed by atoms with van der Waals surface area (Å²) >= 11 is 0. The number of aromatic nitrogens is 4. The van der Waals surface area contributed by atoms with Crippen molar-refractivity contribution in [3.8, 4) is 34.1 Å². The van der Waals surface area contributed by atoms with Crippen LogP contribution in [-0.4, -0.2) is 25.6 Å². The van der Waals surface area contributed by atoms with Gasteiger partial charge < -0.3 is 9.97 Å². The van der Waals surface area contributed by atoms with Gasteiger partial charge in [0.15, 0.2) is 0 Å². The molecular weight excluding hydrogens is 700 g/mol. The number of hydrogen-bond donors (Lipinski definition) is 2. The first-order chi connectivity index (χ1) is 27.7. The van der Waals surface area contributed by atoms with E-state index in [1.165, 1.54) is 63.1 Å². The second-order valence-corrected chi connectivity index (χ2v) is 17.2. The molecule has 0 saturated heterocycles. The molecule has 3 aromatic carbocycles. The topological polar surface area (TPSA) is 57.4 Å². The highest BCUT2D eigenvalue weighted by Crippen LogP contribution is 2.40. The summed E-state index contributed by atoms with van der Waals surface area (Å²) in [5, 5.41) is 1.30. The molecule has 2 aliphatic heterocycles. The van der Waals surface area contributed by atoms with Gasteiger partial charge in [0.2, 0.25) is 0 Å². The van der Waals surface area contributed by atoms with Crippen LogP contribution in [0.1, 0.15) is 91.7 Å². The number of fused-ring (bicyclic) bond motifs is 8. The van der Waals surface area contributed by atoms with Gasteiger partial charge in [-0.25, -0.2) is 9.97 Å². The van der Waals surface area contributed by atoms with Crippen LogP contribution in [0.25, 0.3) is 68.1 Å². The molecule has 2 N–H and O–H groups in total. The summed E-state index contributed by atoms with van der Waals surface area (Å²) in [6, 6.07) is 41.1. The van der Waals surface area contributed by atoms with Gasteiger partial charge >= 0.3 is 0 Å².